The zero-order chi connectivity index (χ0) is 21.8. The van der Waals surface area contributed by atoms with Crippen molar-refractivity contribution in [2.45, 2.75) is 17.9 Å². The van der Waals surface area contributed by atoms with Crippen molar-refractivity contribution in [3.05, 3.63) is 82.9 Å². The molecular formula is C20H18ClFN6O2S. The number of fused-ring (bicyclic) bond motifs is 1. The van der Waals surface area contributed by atoms with Gasteiger partial charge in [0.2, 0.25) is 10.0 Å². The fourth-order valence-corrected chi connectivity index (χ4v) is 4.14. The van der Waals surface area contributed by atoms with Crippen molar-refractivity contribution in [1.29, 1.82) is 0 Å². The van der Waals surface area contributed by atoms with Gasteiger partial charge in [-0.05, 0) is 48.0 Å². The minimum Gasteiger partial charge on any atom is -0.364 e. The second kappa shape index (κ2) is 8.96. The standard InChI is InChI=1S/C20H18ClFN6O2S/c21-17-4-2-1-3-14(17)13-23-18-9-10-19-25-26-20(28(19)27-18)11-12-24-31(29,30)16-7-5-15(22)6-8-16/h1-10,24H,11-13H2,(H,23,27). The van der Waals surface area contributed by atoms with E-state index in [9.17, 15) is 12.8 Å². The topological polar surface area (TPSA) is 101 Å². The summed E-state index contributed by atoms with van der Waals surface area (Å²) >= 11 is 6.18. The summed E-state index contributed by atoms with van der Waals surface area (Å²) in [6, 6.07) is 15.7. The van der Waals surface area contributed by atoms with Crippen LogP contribution in [-0.4, -0.2) is 34.8 Å². The van der Waals surface area contributed by atoms with E-state index in [1.165, 1.54) is 12.1 Å². The van der Waals surface area contributed by atoms with Crippen LogP contribution in [0.5, 0.6) is 0 Å². The summed E-state index contributed by atoms with van der Waals surface area (Å²) in [5.74, 6) is 0.595. The zero-order valence-electron chi connectivity index (χ0n) is 16.2. The zero-order valence-corrected chi connectivity index (χ0v) is 17.7. The molecule has 0 aliphatic heterocycles. The van der Waals surface area contributed by atoms with Crippen LogP contribution in [0, 0.1) is 5.82 Å². The van der Waals surface area contributed by atoms with Crippen LogP contribution in [0.1, 0.15) is 11.4 Å². The summed E-state index contributed by atoms with van der Waals surface area (Å²) in [5.41, 5.74) is 1.48. The number of aromatic nitrogens is 4. The number of hydrogen-bond acceptors (Lipinski definition) is 6. The molecule has 2 heterocycles. The highest BCUT2D eigenvalue weighted by Gasteiger charge is 2.15. The van der Waals surface area contributed by atoms with E-state index in [4.69, 9.17) is 11.6 Å². The first-order valence-electron chi connectivity index (χ1n) is 9.36. The van der Waals surface area contributed by atoms with E-state index >= 15 is 0 Å². The molecule has 4 rings (SSSR count). The number of halogens is 2. The lowest BCUT2D eigenvalue weighted by molar-refractivity contribution is 0.579. The molecule has 0 bridgehead atoms. The average molecular weight is 461 g/mol. The summed E-state index contributed by atoms with van der Waals surface area (Å²) in [6.45, 7) is 0.576. The van der Waals surface area contributed by atoms with E-state index in [0.29, 0.717) is 28.9 Å². The highest BCUT2D eigenvalue weighted by atomic mass is 35.5. The Kier molecular flexibility index (Phi) is 6.12. The van der Waals surface area contributed by atoms with Gasteiger partial charge in [-0.1, -0.05) is 29.8 Å². The second-order valence-corrected chi connectivity index (χ2v) is 8.83. The Hall–Kier alpha value is -3.08. The lowest BCUT2D eigenvalue weighted by Gasteiger charge is -2.08. The summed E-state index contributed by atoms with van der Waals surface area (Å²) in [7, 11) is -3.75. The van der Waals surface area contributed by atoms with Crippen molar-refractivity contribution in [3.8, 4) is 0 Å². The van der Waals surface area contributed by atoms with Crippen molar-refractivity contribution in [2.75, 3.05) is 11.9 Å². The van der Waals surface area contributed by atoms with Gasteiger partial charge in [0.1, 0.15) is 11.6 Å². The largest absolute Gasteiger partial charge is 0.364 e. The molecule has 0 aliphatic rings. The van der Waals surface area contributed by atoms with Gasteiger partial charge < -0.3 is 5.32 Å². The number of sulfonamides is 1. The second-order valence-electron chi connectivity index (χ2n) is 6.65. The fourth-order valence-electron chi connectivity index (χ4n) is 2.91. The van der Waals surface area contributed by atoms with Crippen LogP contribution in [0.4, 0.5) is 10.2 Å². The summed E-state index contributed by atoms with van der Waals surface area (Å²) in [6.07, 6.45) is 0.266. The normalized spacial score (nSPS) is 11.7. The molecule has 0 unspecified atom stereocenters. The first-order valence-corrected chi connectivity index (χ1v) is 11.2. The van der Waals surface area contributed by atoms with Crippen molar-refractivity contribution in [2.24, 2.45) is 0 Å². The summed E-state index contributed by atoms with van der Waals surface area (Å²) < 4.78 is 41.7. The molecule has 0 atom stereocenters. The molecule has 0 fully saturated rings. The molecule has 0 saturated heterocycles. The highest BCUT2D eigenvalue weighted by Crippen LogP contribution is 2.17. The summed E-state index contributed by atoms with van der Waals surface area (Å²) in [5, 5.41) is 16.5. The van der Waals surface area contributed by atoms with Gasteiger partial charge in [0.15, 0.2) is 11.5 Å². The predicted octanol–water partition coefficient (Wildman–Crippen LogP) is 3.05. The average Bonchev–Trinajstić information content (AvgIpc) is 3.16. The lowest BCUT2D eigenvalue weighted by atomic mass is 10.2. The molecule has 2 aromatic carbocycles. The van der Waals surface area contributed by atoms with Crippen LogP contribution in [0.25, 0.3) is 5.65 Å². The van der Waals surface area contributed by atoms with Crippen molar-refractivity contribution in [3.63, 3.8) is 0 Å². The molecule has 160 valence electrons. The Morgan fingerprint density at radius 3 is 2.55 bits per heavy atom. The van der Waals surface area contributed by atoms with E-state index in [2.05, 4.69) is 25.3 Å². The lowest BCUT2D eigenvalue weighted by Crippen LogP contribution is -2.26. The Balaban J connectivity index is 1.43. The molecule has 2 N–H and O–H groups in total. The molecular weight excluding hydrogens is 443 g/mol. The molecule has 11 heteroatoms. The van der Waals surface area contributed by atoms with Crippen molar-refractivity contribution < 1.29 is 12.8 Å². The predicted molar refractivity (Wildman–Crippen MR) is 115 cm³/mol. The maximum Gasteiger partial charge on any atom is 0.240 e. The van der Waals surface area contributed by atoms with E-state index in [0.717, 1.165) is 17.7 Å². The first-order chi connectivity index (χ1) is 14.9. The molecule has 0 spiro atoms. The first kappa shape index (κ1) is 21.2. The quantitative estimate of drug-likeness (QED) is 0.419. The molecule has 0 aliphatic carbocycles. The molecule has 4 aromatic rings. The highest BCUT2D eigenvalue weighted by molar-refractivity contribution is 7.89. The number of nitrogens with one attached hydrogen (secondary N) is 2. The number of nitrogens with zero attached hydrogens (tertiary/aromatic N) is 4. The molecule has 0 amide bonds. The maximum absolute atomic E-state index is 13.0. The van der Waals surface area contributed by atoms with Gasteiger partial charge in [0.25, 0.3) is 0 Å². The van der Waals surface area contributed by atoms with Crippen LogP contribution < -0.4 is 10.0 Å². The smallest absolute Gasteiger partial charge is 0.240 e. The molecule has 0 radical (unpaired) electrons. The summed E-state index contributed by atoms with van der Waals surface area (Å²) in [4.78, 5) is -0.0100. The van der Waals surface area contributed by atoms with Gasteiger partial charge in [-0.15, -0.1) is 15.3 Å². The Bertz CT molecular complexity index is 1310. The van der Waals surface area contributed by atoms with Crippen LogP contribution in [0.3, 0.4) is 0 Å². The third-order valence-electron chi connectivity index (χ3n) is 4.51. The van der Waals surface area contributed by atoms with Crippen LogP contribution in [0.15, 0.2) is 65.6 Å². The van der Waals surface area contributed by atoms with Crippen molar-refractivity contribution >= 4 is 33.1 Å². The minimum atomic E-state index is -3.75. The van der Waals surface area contributed by atoms with Gasteiger partial charge in [-0.2, -0.15) is 4.52 Å². The number of rotatable bonds is 8. The monoisotopic (exact) mass is 460 g/mol. The molecule has 31 heavy (non-hydrogen) atoms. The third kappa shape index (κ3) is 4.98. The Labute approximate surface area is 183 Å². The Morgan fingerprint density at radius 2 is 1.77 bits per heavy atom. The van der Waals surface area contributed by atoms with Gasteiger partial charge in [-0.3, -0.25) is 0 Å². The van der Waals surface area contributed by atoms with Gasteiger partial charge >= 0.3 is 0 Å². The van der Waals surface area contributed by atoms with E-state index in [-0.39, 0.29) is 17.9 Å². The third-order valence-corrected chi connectivity index (χ3v) is 6.36. The van der Waals surface area contributed by atoms with Gasteiger partial charge in [-0.25, -0.2) is 17.5 Å². The minimum absolute atomic E-state index is 0.0100. The molecule has 8 nitrogen and oxygen atoms in total. The molecule has 2 aromatic heterocycles. The van der Waals surface area contributed by atoms with E-state index in [1.807, 2.05) is 24.3 Å². The number of anilines is 1. The Morgan fingerprint density at radius 1 is 1.00 bits per heavy atom. The fraction of sp³-hybridized carbons (Fsp3) is 0.150. The van der Waals surface area contributed by atoms with Crippen LogP contribution in [0.2, 0.25) is 5.02 Å². The number of benzene rings is 2. The van der Waals surface area contributed by atoms with Crippen molar-refractivity contribution in [1.82, 2.24) is 24.5 Å². The van der Waals surface area contributed by atoms with Gasteiger partial charge in [0.05, 0.1) is 4.90 Å². The van der Waals surface area contributed by atoms with E-state index < -0.39 is 15.8 Å². The van der Waals surface area contributed by atoms with Crippen LogP contribution >= 0.6 is 11.6 Å². The SMILES string of the molecule is O=S(=O)(NCCc1nnc2ccc(NCc3ccccc3Cl)nn12)c1ccc(F)cc1. The maximum atomic E-state index is 13.0. The van der Waals surface area contributed by atoms with E-state index in [1.54, 1.807) is 16.6 Å². The molecule has 0 saturated carbocycles. The van der Waals surface area contributed by atoms with Crippen LogP contribution in [-0.2, 0) is 23.0 Å². The van der Waals surface area contributed by atoms with Gasteiger partial charge in [0, 0.05) is 24.5 Å². The number of hydrogen-bond donors (Lipinski definition) is 2.